The minimum absolute atomic E-state index is 0.0386. The number of fused-ring (bicyclic) bond motifs is 1. The van der Waals surface area contributed by atoms with Gasteiger partial charge in [0.05, 0.1) is 16.4 Å². The van der Waals surface area contributed by atoms with Gasteiger partial charge in [0, 0.05) is 11.8 Å². The molecule has 0 saturated carbocycles. The monoisotopic (exact) mass is 280 g/mol. The van der Waals surface area contributed by atoms with Crippen molar-refractivity contribution in [2.75, 3.05) is 11.5 Å². The maximum atomic E-state index is 6.31. The van der Waals surface area contributed by atoms with Crippen molar-refractivity contribution in [3.63, 3.8) is 0 Å². The average molecular weight is 281 g/mol. The van der Waals surface area contributed by atoms with Crippen LogP contribution in [0.2, 0.25) is 0 Å². The minimum Gasteiger partial charge on any atom is -0.323 e. The number of halogens is 1. The molecule has 18 heavy (non-hydrogen) atoms. The van der Waals surface area contributed by atoms with Gasteiger partial charge in [-0.1, -0.05) is 6.07 Å². The highest BCUT2D eigenvalue weighted by Gasteiger charge is 2.24. The molecule has 4 heteroatoms. The van der Waals surface area contributed by atoms with Crippen LogP contribution in [0, 0.1) is 6.92 Å². The van der Waals surface area contributed by atoms with E-state index in [-0.39, 0.29) is 5.38 Å². The third-order valence-electron chi connectivity index (χ3n) is 3.50. The smallest absolute Gasteiger partial charge is 0.127 e. The van der Waals surface area contributed by atoms with E-state index in [9.17, 15) is 0 Å². The van der Waals surface area contributed by atoms with Gasteiger partial charge in [-0.05, 0) is 43.7 Å². The fourth-order valence-corrected chi connectivity index (χ4v) is 3.96. The van der Waals surface area contributed by atoms with Crippen molar-refractivity contribution >= 4 is 34.4 Å². The van der Waals surface area contributed by atoms with Crippen molar-refractivity contribution in [2.24, 2.45) is 0 Å². The predicted octanol–water partition coefficient (Wildman–Crippen LogP) is 4.32. The van der Waals surface area contributed by atoms with Gasteiger partial charge in [-0.3, -0.25) is 0 Å². The first-order valence-corrected chi connectivity index (χ1v) is 7.96. The van der Waals surface area contributed by atoms with Crippen molar-refractivity contribution in [1.82, 2.24) is 9.55 Å². The Morgan fingerprint density at radius 3 is 3.00 bits per heavy atom. The van der Waals surface area contributed by atoms with Crippen LogP contribution in [0.4, 0.5) is 0 Å². The third kappa shape index (κ3) is 2.04. The van der Waals surface area contributed by atoms with Crippen LogP contribution in [0.25, 0.3) is 11.0 Å². The molecular weight excluding hydrogens is 264 g/mol. The predicted molar refractivity (Wildman–Crippen MR) is 79.7 cm³/mol. The number of alkyl halides is 1. The number of aromatic nitrogens is 2. The Kier molecular flexibility index (Phi) is 3.29. The molecule has 1 aliphatic heterocycles. The number of thioether (sulfide) groups is 1. The van der Waals surface area contributed by atoms with Crippen LogP contribution >= 0.6 is 23.4 Å². The van der Waals surface area contributed by atoms with E-state index >= 15 is 0 Å². The van der Waals surface area contributed by atoms with Crippen LogP contribution in [0.15, 0.2) is 18.2 Å². The first-order chi connectivity index (χ1) is 8.66. The Balaban J connectivity index is 2.21. The largest absolute Gasteiger partial charge is 0.323 e. The zero-order valence-corrected chi connectivity index (χ0v) is 12.3. The maximum absolute atomic E-state index is 6.31. The van der Waals surface area contributed by atoms with Gasteiger partial charge in [-0.25, -0.2) is 4.98 Å². The third-order valence-corrected chi connectivity index (χ3v) is 4.84. The molecule has 1 fully saturated rings. The lowest BCUT2D eigenvalue weighted by Crippen LogP contribution is -2.12. The number of benzene rings is 1. The van der Waals surface area contributed by atoms with Crippen molar-refractivity contribution in [3.05, 3.63) is 29.6 Å². The molecule has 0 spiro atoms. The average Bonchev–Trinajstić information content (AvgIpc) is 2.92. The molecule has 0 radical (unpaired) electrons. The highest BCUT2D eigenvalue weighted by atomic mass is 35.5. The van der Waals surface area contributed by atoms with Crippen molar-refractivity contribution in [3.8, 4) is 0 Å². The van der Waals surface area contributed by atoms with Crippen LogP contribution < -0.4 is 0 Å². The molecule has 1 aromatic carbocycles. The van der Waals surface area contributed by atoms with Crippen LogP contribution in [0.5, 0.6) is 0 Å². The number of nitrogens with zero attached hydrogens (tertiary/aromatic N) is 2. The quantitative estimate of drug-likeness (QED) is 0.763. The Labute approximate surface area is 117 Å². The van der Waals surface area contributed by atoms with E-state index in [0.29, 0.717) is 6.04 Å². The lowest BCUT2D eigenvalue weighted by molar-refractivity contribution is 0.549. The maximum Gasteiger partial charge on any atom is 0.127 e. The second-order valence-corrected chi connectivity index (χ2v) is 6.77. The van der Waals surface area contributed by atoms with E-state index in [0.717, 1.165) is 11.3 Å². The molecule has 0 bridgehead atoms. The zero-order chi connectivity index (χ0) is 12.7. The molecule has 1 aromatic heterocycles. The van der Waals surface area contributed by atoms with Gasteiger partial charge in [-0.2, -0.15) is 11.8 Å². The molecule has 3 rings (SSSR count). The first kappa shape index (κ1) is 12.4. The van der Waals surface area contributed by atoms with E-state index in [2.05, 4.69) is 29.7 Å². The van der Waals surface area contributed by atoms with E-state index in [4.69, 9.17) is 16.6 Å². The molecule has 2 aromatic rings. The van der Waals surface area contributed by atoms with Crippen molar-refractivity contribution < 1.29 is 0 Å². The Morgan fingerprint density at radius 1 is 1.50 bits per heavy atom. The minimum atomic E-state index is -0.0386. The number of imidazole rings is 1. The molecule has 1 aliphatic rings. The van der Waals surface area contributed by atoms with E-state index in [1.807, 2.05) is 18.7 Å². The number of aryl methyl sites for hydroxylation is 1. The zero-order valence-electron chi connectivity index (χ0n) is 10.7. The lowest BCUT2D eigenvalue weighted by Gasteiger charge is -2.16. The molecule has 0 amide bonds. The van der Waals surface area contributed by atoms with Crippen LogP contribution in [0.3, 0.4) is 0 Å². The van der Waals surface area contributed by atoms with Crippen LogP contribution in [-0.4, -0.2) is 21.1 Å². The van der Waals surface area contributed by atoms with Gasteiger partial charge >= 0.3 is 0 Å². The van der Waals surface area contributed by atoms with Gasteiger partial charge < -0.3 is 4.57 Å². The molecule has 0 N–H and O–H groups in total. The molecular formula is C14H17ClN2S. The second-order valence-electron chi connectivity index (χ2n) is 4.97. The fraction of sp³-hybridized carbons (Fsp3) is 0.500. The Morgan fingerprint density at radius 2 is 2.33 bits per heavy atom. The lowest BCUT2D eigenvalue weighted by atomic mass is 10.2. The number of rotatable bonds is 2. The SMILES string of the molecule is Cc1ccc2c(c1)nc(C(C)Cl)n2C1CCSC1. The molecule has 0 aliphatic carbocycles. The van der Waals surface area contributed by atoms with Crippen LogP contribution in [-0.2, 0) is 0 Å². The normalized spacial score (nSPS) is 21.6. The standard InChI is InChI=1S/C14H17ClN2S/c1-9-3-4-13-12(7-9)16-14(10(2)15)17(13)11-5-6-18-8-11/h3-4,7,10-11H,5-6,8H2,1-2H3. The molecule has 1 saturated heterocycles. The summed E-state index contributed by atoms with van der Waals surface area (Å²) in [7, 11) is 0. The summed E-state index contributed by atoms with van der Waals surface area (Å²) < 4.78 is 2.37. The van der Waals surface area contributed by atoms with Gasteiger partial charge in [-0.15, -0.1) is 11.6 Å². The summed E-state index contributed by atoms with van der Waals surface area (Å²) in [5.74, 6) is 3.44. The van der Waals surface area contributed by atoms with Gasteiger partial charge in [0.15, 0.2) is 0 Å². The van der Waals surface area contributed by atoms with E-state index < -0.39 is 0 Å². The Bertz CT molecular complexity index is 570. The highest BCUT2D eigenvalue weighted by Crippen LogP contribution is 2.35. The van der Waals surface area contributed by atoms with Crippen molar-refractivity contribution in [2.45, 2.75) is 31.7 Å². The molecule has 96 valence electrons. The topological polar surface area (TPSA) is 17.8 Å². The summed E-state index contributed by atoms with van der Waals surface area (Å²) in [6.07, 6.45) is 1.22. The summed E-state index contributed by atoms with van der Waals surface area (Å²) >= 11 is 8.33. The Hall–Kier alpha value is -0.670. The fourth-order valence-electron chi connectivity index (χ4n) is 2.62. The molecule has 2 atom stereocenters. The van der Waals surface area contributed by atoms with E-state index in [1.54, 1.807) is 0 Å². The summed E-state index contributed by atoms with van der Waals surface area (Å²) in [5.41, 5.74) is 3.56. The summed E-state index contributed by atoms with van der Waals surface area (Å²) in [5, 5.41) is -0.0386. The molecule has 2 unspecified atom stereocenters. The van der Waals surface area contributed by atoms with Gasteiger partial charge in [0.1, 0.15) is 5.82 Å². The van der Waals surface area contributed by atoms with E-state index in [1.165, 1.54) is 29.0 Å². The van der Waals surface area contributed by atoms with Gasteiger partial charge in [0.2, 0.25) is 0 Å². The van der Waals surface area contributed by atoms with Gasteiger partial charge in [0.25, 0.3) is 0 Å². The summed E-state index contributed by atoms with van der Waals surface area (Å²) in [4.78, 5) is 4.74. The second kappa shape index (κ2) is 4.78. The number of hydrogen-bond donors (Lipinski definition) is 0. The highest BCUT2D eigenvalue weighted by molar-refractivity contribution is 7.99. The summed E-state index contributed by atoms with van der Waals surface area (Å²) in [6, 6.07) is 7.05. The van der Waals surface area contributed by atoms with Crippen LogP contribution in [0.1, 0.15) is 36.2 Å². The van der Waals surface area contributed by atoms with Crippen molar-refractivity contribution in [1.29, 1.82) is 0 Å². The first-order valence-electron chi connectivity index (χ1n) is 6.37. The summed E-state index contributed by atoms with van der Waals surface area (Å²) in [6.45, 7) is 4.11. The molecule has 2 heterocycles. The number of hydrogen-bond acceptors (Lipinski definition) is 2. The molecule has 2 nitrogen and oxygen atoms in total.